The van der Waals surface area contributed by atoms with Gasteiger partial charge < -0.3 is 14.4 Å². The molecule has 4 aromatic rings. The maximum atomic E-state index is 16.9. The predicted molar refractivity (Wildman–Crippen MR) is 162 cm³/mol. The van der Waals surface area contributed by atoms with Crippen molar-refractivity contribution in [2.75, 3.05) is 0 Å². The average Bonchev–Trinajstić information content (AvgIpc) is 3.72. The van der Waals surface area contributed by atoms with Crippen LogP contribution in [0, 0.1) is 17.1 Å². The maximum Gasteiger partial charge on any atom is 0.257 e. The number of amides is 1. The summed E-state index contributed by atoms with van der Waals surface area (Å²) in [5.41, 5.74) is -1.72. The molecular formula is C34H31ClFN5O4. The van der Waals surface area contributed by atoms with Crippen molar-refractivity contribution in [3.05, 3.63) is 117 Å². The van der Waals surface area contributed by atoms with Gasteiger partial charge in [-0.25, -0.2) is 9.37 Å². The Morgan fingerprint density at radius 1 is 1.20 bits per heavy atom. The maximum absolute atomic E-state index is 16.9. The number of hydrogen-bond acceptors (Lipinski definition) is 7. The van der Waals surface area contributed by atoms with Crippen LogP contribution < -0.4 is 0 Å². The molecule has 1 fully saturated rings. The van der Waals surface area contributed by atoms with Crippen molar-refractivity contribution in [3.63, 3.8) is 0 Å². The fourth-order valence-electron chi connectivity index (χ4n) is 6.41. The first-order valence-corrected chi connectivity index (χ1v) is 15.1. The summed E-state index contributed by atoms with van der Waals surface area (Å²) in [7, 11) is 1.77. The van der Waals surface area contributed by atoms with Gasteiger partial charge >= 0.3 is 0 Å². The van der Waals surface area contributed by atoms with E-state index >= 15 is 4.39 Å². The molecule has 230 valence electrons. The van der Waals surface area contributed by atoms with Crippen molar-refractivity contribution in [2.24, 2.45) is 7.05 Å². The zero-order chi connectivity index (χ0) is 31.9. The highest BCUT2D eigenvalue weighted by molar-refractivity contribution is 6.30. The van der Waals surface area contributed by atoms with Gasteiger partial charge in [-0.2, -0.15) is 5.26 Å². The summed E-state index contributed by atoms with van der Waals surface area (Å²) in [5, 5.41) is 21.7. The minimum atomic E-state index is -1.79. The lowest BCUT2D eigenvalue weighted by atomic mass is 9.83. The Labute approximate surface area is 264 Å². The van der Waals surface area contributed by atoms with Gasteiger partial charge in [0, 0.05) is 42.9 Å². The van der Waals surface area contributed by atoms with E-state index in [-0.39, 0.29) is 41.9 Å². The molecule has 3 heterocycles. The van der Waals surface area contributed by atoms with E-state index in [2.05, 4.69) is 9.97 Å². The first-order valence-electron chi connectivity index (χ1n) is 14.8. The van der Waals surface area contributed by atoms with Crippen LogP contribution in [0.15, 0.2) is 67.3 Å². The lowest BCUT2D eigenvalue weighted by molar-refractivity contribution is -0.149. The van der Waals surface area contributed by atoms with Gasteiger partial charge in [0.15, 0.2) is 0 Å². The Morgan fingerprint density at radius 2 is 1.98 bits per heavy atom. The number of nitriles is 1. The van der Waals surface area contributed by atoms with Crippen LogP contribution in [-0.4, -0.2) is 42.3 Å². The van der Waals surface area contributed by atoms with Gasteiger partial charge in [-0.05, 0) is 54.8 Å². The van der Waals surface area contributed by atoms with Crippen LogP contribution in [0.5, 0.6) is 0 Å². The Kier molecular flexibility index (Phi) is 8.04. The Bertz CT molecular complexity index is 1820. The molecule has 2 aliphatic rings. The second kappa shape index (κ2) is 11.8. The average molecular weight is 628 g/mol. The molecule has 1 amide bonds. The number of benzene rings is 2. The number of Topliss-reactive ketones (excluding diaryl/α,β-unsaturated/α-hetero) is 1. The molecular weight excluding hydrogens is 597 g/mol. The molecule has 1 aliphatic heterocycles. The highest BCUT2D eigenvalue weighted by atomic mass is 35.5. The molecule has 9 nitrogen and oxygen atoms in total. The first kappa shape index (κ1) is 30.6. The van der Waals surface area contributed by atoms with Crippen LogP contribution in [0.25, 0.3) is 0 Å². The predicted octanol–water partition coefficient (Wildman–Crippen LogP) is 5.51. The van der Waals surface area contributed by atoms with Crippen LogP contribution in [0.4, 0.5) is 4.39 Å². The van der Waals surface area contributed by atoms with Crippen molar-refractivity contribution < 1.29 is 23.8 Å². The number of imidazole rings is 1. The van der Waals surface area contributed by atoms with Crippen LogP contribution in [0.2, 0.25) is 5.02 Å². The number of fused-ring (bicyclic) bond motifs is 1. The molecule has 2 aromatic carbocycles. The quantitative estimate of drug-likeness (QED) is 0.260. The van der Waals surface area contributed by atoms with Crippen LogP contribution in [0.3, 0.4) is 0 Å². The fourth-order valence-corrected chi connectivity index (χ4v) is 6.53. The van der Waals surface area contributed by atoms with E-state index < -0.39 is 29.2 Å². The molecule has 3 atom stereocenters. The fraction of sp³-hybridized carbons (Fsp3) is 0.324. The monoisotopic (exact) mass is 627 g/mol. The standard InChI is InChI=1S/C34H31ClFN5O4/c1-3-12-33(44,30-19-40(2)20-39-30)23-13-28-31(29(36)14-23)34(22-5-7-24(35)8-6-22,45-27-11-10-26(42)15-27)41(32(28)43)18-25-9-4-21(16-37)17-38-25/h4-9,13-14,17,19-20,27,44H,3,10-12,15,18H2,1-2H3/t27-,33-,34+/m0/s1. The number of ether oxygens (including phenoxy) is 1. The highest BCUT2D eigenvalue weighted by Gasteiger charge is 2.56. The minimum Gasteiger partial charge on any atom is -0.379 e. The molecule has 1 N–H and O–H groups in total. The molecule has 0 spiro atoms. The van der Waals surface area contributed by atoms with Gasteiger partial charge in [0.05, 0.1) is 47.1 Å². The number of aromatic nitrogens is 3. The van der Waals surface area contributed by atoms with Gasteiger partial charge in [-0.1, -0.05) is 37.1 Å². The first-order chi connectivity index (χ1) is 21.6. The van der Waals surface area contributed by atoms with Gasteiger partial charge in [0.2, 0.25) is 5.72 Å². The molecule has 1 aliphatic carbocycles. The molecule has 0 bridgehead atoms. The van der Waals surface area contributed by atoms with Gasteiger partial charge in [-0.15, -0.1) is 0 Å². The van der Waals surface area contributed by atoms with Gasteiger partial charge in [-0.3, -0.25) is 19.5 Å². The topological polar surface area (TPSA) is 121 Å². The van der Waals surface area contributed by atoms with Crippen molar-refractivity contribution in [2.45, 2.75) is 63.0 Å². The summed E-state index contributed by atoms with van der Waals surface area (Å²) in [6.07, 6.45) is 5.68. The number of carbonyl (C=O) groups is 2. The van der Waals surface area contributed by atoms with Crippen LogP contribution >= 0.6 is 11.6 Å². The third-order valence-electron chi connectivity index (χ3n) is 8.55. The summed E-state index contributed by atoms with van der Waals surface area (Å²) in [6, 6.07) is 14.6. The number of aliphatic hydroxyl groups is 1. The van der Waals surface area contributed by atoms with Crippen molar-refractivity contribution in [3.8, 4) is 6.07 Å². The molecule has 6 rings (SSSR count). The van der Waals surface area contributed by atoms with E-state index in [9.17, 15) is 20.0 Å². The summed E-state index contributed by atoms with van der Waals surface area (Å²) in [6.45, 7) is 1.80. The Balaban J connectivity index is 1.59. The second-order valence-electron chi connectivity index (χ2n) is 11.6. The van der Waals surface area contributed by atoms with E-state index in [0.717, 1.165) is 0 Å². The largest absolute Gasteiger partial charge is 0.379 e. The summed E-state index contributed by atoms with van der Waals surface area (Å²) >= 11 is 6.26. The highest BCUT2D eigenvalue weighted by Crippen LogP contribution is 2.50. The van der Waals surface area contributed by atoms with Crippen LogP contribution in [-0.2, 0) is 34.4 Å². The van der Waals surface area contributed by atoms with Gasteiger partial charge in [0.1, 0.15) is 23.3 Å². The molecule has 45 heavy (non-hydrogen) atoms. The third-order valence-corrected chi connectivity index (χ3v) is 8.80. The van der Waals surface area contributed by atoms with Gasteiger partial charge in [0.25, 0.3) is 5.91 Å². The van der Waals surface area contributed by atoms with E-state index in [1.807, 2.05) is 13.0 Å². The third kappa shape index (κ3) is 5.31. The van der Waals surface area contributed by atoms with Crippen molar-refractivity contribution in [1.29, 1.82) is 5.26 Å². The van der Waals surface area contributed by atoms with Crippen molar-refractivity contribution in [1.82, 2.24) is 19.4 Å². The number of carbonyl (C=O) groups excluding carboxylic acids is 2. The molecule has 2 aromatic heterocycles. The number of nitrogens with zero attached hydrogens (tertiary/aromatic N) is 5. The lowest BCUT2D eigenvalue weighted by Gasteiger charge is -2.41. The number of halogens is 2. The van der Waals surface area contributed by atoms with E-state index in [1.54, 1.807) is 60.5 Å². The number of hydrogen-bond donors (Lipinski definition) is 1. The summed E-state index contributed by atoms with van der Waals surface area (Å²) in [5.74, 6) is -1.28. The minimum absolute atomic E-state index is 0.0170. The van der Waals surface area contributed by atoms with E-state index in [4.69, 9.17) is 16.3 Å². The van der Waals surface area contributed by atoms with Crippen molar-refractivity contribution >= 4 is 23.3 Å². The second-order valence-corrected chi connectivity index (χ2v) is 12.1. The Hall–Kier alpha value is -4.43. The summed E-state index contributed by atoms with van der Waals surface area (Å²) < 4.78 is 25.4. The smallest absolute Gasteiger partial charge is 0.257 e. The van der Waals surface area contributed by atoms with E-state index in [0.29, 0.717) is 46.8 Å². The number of pyridine rings is 1. The number of ketones is 1. The molecule has 0 saturated heterocycles. The number of aryl methyl sites for hydroxylation is 1. The molecule has 1 saturated carbocycles. The summed E-state index contributed by atoms with van der Waals surface area (Å²) in [4.78, 5) is 37.1. The molecule has 11 heteroatoms. The van der Waals surface area contributed by atoms with E-state index in [1.165, 1.54) is 23.2 Å². The normalized spacial score (nSPS) is 20.7. The Morgan fingerprint density at radius 3 is 2.58 bits per heavy atom. The number of rotatable bonds is 9. The zero-order valence-electron chi connectivity index (χ0n) is 24.8. The van der Waals surface area contributed by atoms with Crippen LogP contribution in [0.1, 0.15) is 83.0 Å². The molecule has 0 radical (unpaired) electrons. The lowest BCUT2D eigenvalue weighted by Crippen LogP contribution is -2.48. The molecule has 0 unspecified atom stereocenters. The zero-order valence-corrected chi connectivity index (χ0v) is 25.6. The SMILES string of the molecule is CCC[C@](O)(c1cc(F)c2c(c1)C(=O)N(Cc1ccc(C#N)cn1)[C@@]2(O[C@H]1CCC(=O)C1)c1ccc(Cl)cc1)c1cn(C)cn1.